The van der Waals surface area contributed by atoms with Gasteiger partial charge < -0.3 is 26.0 Å². The minimum absolute atomic E-state index is 0.226. The first-order valence-corrected chi connectivity index (χ1v) is 12.3. The van der Waals surface area contributed by atoms with Gasteiger partial charge in [0.1, 0.15) is 11.6 Å². The van der Waals surface area contributed by atoms with Gasteiger partial charge in [0.25, 0.3) is 0 Å². The van der Waals surface area contributed by atoms with Crippen LogP contribution in [0.5, 0.6) is 0 Å². The summed E-state index contributed by atoms with van der Waals surface area (Å²) in [4.78, 5) is 12.2. The molecule has 178 valence electrons. The second-order valence-corrected chi connectivity index (χ2v) is 9.65. The number of piperidine rings is 1. The molecule has 4 N–H and O–H groups in total. The minimum atomic E-state index is 0.226. The van der Waals surface area contributed by atoms with Crippen LogP contribution in [0, 0.1) is 19.8 Å². The van der Waals surface area contributed by atoms with Crippen molar-refractivity contribution < 1.29 is 5.11 Å². The molecule has 0 amide bonds. The van der Waals surface area contributed by atoms with Crippen LogP contribution in [-0.4, -0.2) is 60.5 Å². The van der Waals surface area contributed by atoms with Crippen LogP contribution >= 0.6 is 15.9 Å². The van der Waals surface area contributed by atoms with Crippen LogP contribution in [0.2, 0.25) is 0 Å². The summed E-state index contributed by atoms with van der Waals surface area (Å²) in [5.74, 6) is 2.94. The number of aryl methyl sites for hydroxylation is 2. The Bertz CT molecular complexity index is 1130. The molecule has 0 bridgehead atoms. The summed E-state index contributed by atoms with van der Waals surface area (Å²) in [6.07, 6.45) is 3.05. The number of anilines is 4. The zero-order valence-corrected chi connectivity index (χ0v) is 21.7. The number of hydrogen-bond donors (Lipinski definition) is 4. The molecular formula is C24H34BrN7O. The highest BCUT2D eigenvalue weighted by Gasteiger charge is 2.29. The Balaban J connectivity index is 2.03. The van der Waals surface area contributed by atoms with Crippen LogP contribution in [0.4, 0.5) is 23.3 Å². The molecule has 1 unspecified atom stereocenters. The van der Waals surface area contributed by atoms with E-state index in [1.807, 2.05) is 21.1 Å². The summed E-state index contributed by atoms with van der Waals surface area (Å²) in [5, 5.41) is 20.5. The van der Waals surface area contributed by atoms with Crippen molar-refractivity contribution in [1.82, 2.24) is 14.5 Å². The highest BCUT2D eigenvalue weighted by Crippen LogP contribution is 2.43. The molecule has 3 heterocycles. The Morgan fingerprint density at radius 3 is 2.42 bits per heavy atom. The molecule has 0 spiro atoms. The fourth-order valence-corrected chi connectivity index (χ4v) is 5.82. The first-order chi connectivity index (χ1) is 15.9. The van der Waals surface area contributed by atoms with Crippen LogP contribution in [0.3, 0.4) is 0 Å². The Hall–Kier alpha value is -2.52. The van der Waals surface area contributed by atoms with Crippen LogP contribution in [0.1, 0.15) is 30.4 Å². The van der Waals surface area contributed by atoms with Gasteiger partial charge in [-0.1, -0.05) is 15.9 Å². The Morgan fingerprint density at radius 1 is 1.09 bits per heavy atom. The van der Waals surface area contributed by atoms with Crippen molar-refractivity contribution in [3.8, 4) is 5.69 Å². The van der Waals surface area contributed by atoms with Crippen molar-refractivity contribution in [3.63, 3.8) is 0 Å². The number of benzene rings is 1. The number of halogens is 1. The third-order valence-corrected chi connectivity index (χ3v) is 7.00. The van der Waals surface area contributed by atoms with Crippen LogP contribution in [0.25, 0.3) is 16.7 Å². The number of aliphatic hydroxyl groups is 1. The van der Waals surface area contributed by atoms with E-state index in [9.17, 15) is 5.11 Å². The second-order valence-electron chi connectivity index (χ2n) is 8.73. The lowest BCUT2D eigenvalue weighted by Crippen LogP contribution is -2.36. The molecule has 8 nitrogen and oxygen atoms in total. The summed E-state index contributed by atoms with van der Waals surface area (Å²) in [6, 6.07) is 4.27. The van der Waals surface area contributed by atoms with Gasteiger partial charge in [0.15, 0.2) is 5.65 Å². The van der Waals surface area contributed by atoms with Gasteiger partial charge in [-0.2, -0.15) is 9.97 Å². The van der Waals surface area contributed by atoms with Crippen LogP contribution in [-0.2, 0) is 0 Å². The van der Waals surface area contributed by atoms with E-state index in [0.717, 1.165) is 82.0 Å². The van der Waals surface area contributed by atoms with Gasteiger partial charge in [-0.15, -0.1) is 0 Å². The molecule has 1 aliphatic rings. The molecule has 9 heteroatoms. The van der Waals surface area contributed by atoms with Gasteiger partial charge >= 0.3 is 0 Å². The topological polar surface area (TPSA) is 90.3 Å². The van der Waals surface area contributed by atoms with Gasteiger partial charge in [-0.25, -0.2) is 0 Å². The normalized spacial score (nSPS) is 16.3. The number of aromatic nitrogens is 3. The summed E-state index contributed by atoms with van der Waals surface area (Å²) in [5.41, 5.74) is 5.26. The smallest absolute Gasteiger partial charge is 0.226 e. The lowest BCUT2D eigenvalue weighted by molar-refractivity contribution is 0.244. The van der Waals surface area contributed by atoms with E-state index in [-0.39, 0.29) is 6.61 Å². The summed E-state index contributed by atoms with van der Waals surface area (Å²) < 4.78 is 3.27. The van der Waals surface area contributed by atoms with Crippen molar-refractivity contribution >= 4 is 50.2 Å². The molecule has 0 saturated carbocycles. The highest BCUT2D eigenvalue weighted by atomic mass is 79.9. The fourth-order valence-electron chi connectivity index (χ4n) is 5.13. The number of nitrogens with zero attached hydrogens (tertiary/aromatic N) is 4. The van der Waals surface area contributed by atoms with E-state index in [2.05, 4.69) is 67.3 Å². The first kappa shape index (κ1) is 23.6. The van der Waals surface area contributed by atoms with Crippen molar-refractivity contribution in [2.75, 3.05) is 61.7 Å². The van der Waals surface area contributed by atoms with E-state index in [0.29, 0.717) is 11.9 Å². The van der Waals surface area contributed by atoms with E-state index in [1.165, 1.54) is 0 Å². The Morgan fingerprint density at radius 2 is 1.82 bits per heavy atom. The molecule has 4 rings (SSSR count). The van der Waals surface area contributed by atoms with Gasteiger partial charge in [-0.3, -0.25) is 4.57 Å². The van der Waals surface area contributed by atoms with Gasteiger partial charge in [0.05, 0.1) is 16.8 Å². The van der Waals surface area contributed by atoms with Gasteiger partial charge in [0, 0.05) is 45.3 Å². The molecule has 1 aromatic carbocycles. The number of rotatable bonds is 7. The van der Waals surface area contributed by atoms with Crippen molar-refractivity contribution in [2.24, 2.45) is 5.92 Å². The fraction of sp³-hybridized carbons (Fsp3) is 0.500. The van der Waals surface area contributed by atoms with Crippen molar-refractivity contribution in [2.45, 2.75) is 33.1 Å². The van der Waals surface area contributed by atoms with Gasteiger partial charge in [-0.05, 0) is 62.3 Å². The minimum Gasteiger partial charge on any atom is -0.396 e. The summed E-state index contributed by atoms with van der Waals surface area (Å²) in [7, 11) is 5.75. The summed E-state index contributed by atoms with van der Waals surface area (Å²) >= 11 is 3.63. The third-order valence-electron chi connectivity index (χ3n) is 6.54. The predicted octanol–water partition coefficient (Wildman–Crippen LogP) is 4.52. The maximum atomic E-state index is 9.50. The van der Waals surface area contributed by atoms with Crippen LogP contribution < -0.4 is 20.9 Å². The molecular weight excluding hydrogens is 482 g/mol. The number of aliphatic hydroxyl groups excluding tert-OH is 1. The lowest BCUT2D eigenvalue weighted by atomic mass is 9.95. The molecule has 1 aliphatic heterocycles. The Kier molecular flexibility index (Phi) is 6.99. The zero-order chi connectivity index (χ0) is 23.7. The van der Waals surface area contributed by atoms with Crippen molar-refractivity contribution in [3.05, 3.63) is 27.7 Å². The van der Waals surface area contributed by atoms with E-state index >= 15 is 0 Å². The quantitative estimate of drug-likeness (QED) is 0.367. The van der Waals surface area contributed by atoms with E-state index < -0.39 is 0 Å². The zero-order valence-electron chi connectivity index (χ0n) is 20.1. The largest absolute Gasteiger partial charge is 0.396 e. The lowest BCUT2D eigenvalue weighted by Gasteiger charge is -2.34. The SMILES string of the molecule is CNc1nc(N2CCCC(CCO)C2)c2c(NC)c(NC)n(-c3c(C)cc(Br)cc3C)c2n1. The standard InChI is InChI=1S/C24H34BrN7O/c1-14-11-17(25)12-15(2)20(14)32-22-18(19(26-3)23(32)27-4)21(29-24(28-5)30-22)31-9-6-7-16(13-31)8-10-33/h11-12,16,26-27,33H,6-10,13H2,1-5H3,(H,28,29,30). The Labute approximate surface area is 203 Å². The average Bonchev–Trinajstić information content (AvgIpc) is 3.11. The number of nitrogens with one attached hydrogen (secondary N) is 3. The third kappa shape index (κ3) is 4.24. The maximum Gasteiger partial charge on any atom is 0.226 e. The van der Waals surface area contributed by atoms with E-state index in [4.69, 9.17) is 9.97 Å². The predicted molar refractivity (Wildman–Crippen MR) is 141 cm³/mol. The molecule has 1 fully saturated rings. The molecule has 3 aromatic rings. The molecule has 1 atom stereocenters. The van der Waals surface area contributed by atoms with E-state index in [1.54, 1.807) is 0 Å². The highest BCUT2D eigenvalue weighted by molar-refractivity contribution is 9.10. The number of fused-ring (bicyclic) bond motifs is 1. The number of hydrogen-bond acceptors (Lipinski definition) is 7. The molecule has 0 radical (unpaired) electrons. The molecule has 2 aromatic heterocycles. The first-order valence-electron chi connectivity index (χ1n) is 11.6. The molecule has 33 heavy (non-hydrogen) atoms. The average molecular weight is 516 g/mol. The monoisotopic (exact) mass is 515 g/mol. The second kappa shape index (κ2) is 9.77. The maximum absolute atomic E-state index is 9.50. The van der Waals surface area contributed by atoms with Crippen molar-refractivity contribution in [1.29, 1.82) is 0 Å². The molecule has 1 saturated heterocycles. The van der Waals surface area contributed by atoms with Crippen LogP contribution in [0.15, 0.2) is 16.6 Å². The molecule has 0 aliphatic carbocycles. The summed E-state index contributed by atoms with van der Waals surface area (Å²) in [6.45, 7) is 6.31. The van der Waals surface area contributed by atoms with Gasteiger partial charge in [0.2, 0.25) is 5.95 Å².